The minimum atomic E-state index is -0.137. The van der Waals surface area contributed by atoms with Crippen molar-refractivity contribution in [2.75, 3.05) is 43.5 Å². The van der Waals surface area contributed by atoms with Gasteiger partial charge in [0, 0.05) is 61.4 Å². The normalized spacial score (nSPS) is 13.8. The molecular formula is C30H30N4O3. The van der Waals surface area contributed by atoms with E-state index < -0.39 is 0 Å². The number of pyridine rings is 1. The Bertz CT molecular complexity index is 1350. The molecule has 0 unspecified atom stereocenters. The van der Waals surface area contributed by atoms with E-state index in [0.29, 0.717) is 5.56 Å². The lowest BCUT2D eigenvalue weighted by molar-refractivity contribution is 0.102. The Morgan fingerprint density at radius 3 is 2.38 bits per heavy atom. The smallest absolute Gasteiger partial charge is 0.255 e. The first-order valence-electron chi connectivity index (χ1n) is 12.3. The molecule has 0 radical (unpaired) electrons. The van der Waals surface area contributed by atoms with Crippen molar-refractivity contribution in [1.82, 2.24) is 9.88 Å². The quantitative estimate of drug-likeness (QED) is 0.375. The number of carbonyl (C=O) groups excluding carboxylic acids is 1. The van der Waals surface area contributed by atoms with E-state index in [2.05, 4.69) is 38.3 Å². The number of aromatic nitrogens is 1. The van der Waals surface area contributed by atoms with E-state index in [1.54, 1.807) is 19.4 Å². The average Bonchev–Trinajstić information content (AvgIpc) is 2.94. The number of anilines is 2. The van der Waals surface area contributed by atoms with Crippen molar-refractivity contribution in [3.63, 3.8) is 0 Å². The van der Waals surface area contributed by atoms with Crippen LogP contribution in [0.4, 0.5) is 11.4 Å². The Morgan fingerprint density at radius 1 is 0.946 bits per heavy atom. The molecule has 0 bridgehead atoms. The van der Waals surface area contributed by atoms with Crippen LogP contribution in [0.5, 0.6) is 11.5 Å². The van der Waals surface area contributed by atoms with Crippen molar-refractivity contribution in [1.29, 1.82) is 0 Å². The number of amides is 1. The molecule has 0 saturated carbocycles. The van der Waals surface area contributed by atoms with E-state index in [1.165, 1.54) is 11.8 Å². The van der Waals surface area contributed by atoms with E-state index in [4.69, 9.17) is 4.74 Å². The summed E-state index contributed by atoms with van der Waals surface area (Å²) in [6.07, 6.45) is 3.24. The van der Waals surface area contributed by atoms with Crippen molar-refractivity contribution in [3.05, 3.63) is 102 Å². The molecule has 2 heterocycles. The SMILES string of the molecule is COc1ccc(NC(=O)c2ccc(N3CCN(Cc4ccccc4-c4cncc(O)c4)CC3)cc2)cc1. The van der Waals surface area contributed by atoms with Crippen LogP contribution in [0.25, 0.3) is 11.1 Å². The maximum absolute atomic E-state index is 12.6. The van der Waals surface area contributed by atoms with Crippen molar-refractivity contribution in [3.8, 4) is 22.6 Å². The molecule has 2 N–H and O–H groups in total. The van der Waals surface area contributed by atoms with Gasteiger partial charge in [0.05, 0.1) is 13.3 Å². The molecule has 0 atom stereocenters. The number of carbonyl (C=O) groups is 1. The standard InChI is InChI=1S/C30H30N4O3/c1-37-28-12-8-25(9-13-28)32-30(36)22-6-10-26(11-7-22)34-16-14-33(15-17-34)21-23-4-2-3-5-29(23)24-18-27(35)20-31-19-24/h2-13,18-20,35H,14-17,21H2,1H3,(H,32,36). The Hall–Kier alpha value is -4.36. The summed E-state index contributed by atoms with van der Waals surface area (Å²) in [7, 11) is 1.62. The first-order valence-corrected chi connectivity index (χ1v) is 12.3. The first-order chi connectivity index (χ1) is 18.1. The van der Waals surface area contributed by atoms with E-state index >= 15 is 0 Å². The minimum Gasteiger partial charge on any atom is -0.506 e. The van der Waals surface area contributed by atoms with Crippen LogP contribution in [0.1, 0.15) is 15.9 Å². The topological polar surface area (TPSA) is 77.9 Å². The number of aromatic hydroxyl groups is 1. The monoisotopic (exact) mass is 494 g/mol. The number of nitrogens with zero attached hydrogens (tertiary/aromatic N) is 3. The fourth-order valence-electron chi connectivity index (χ4n) is 4.62. The third kappa shape index (κ3) is 5.90. The van der Waals surface area contributed by atoms with Crippen molar-refractivity contribution >= 4 is 17.3 Å². The van der Waals surface area contributed by atoms with E-state index in [0.717, 1.165) is 61.0 Å². The second-order valence-corrected chi connectivity index (χ2v) is 9.08. The van der Waals surface area contributed by atoms with Gasteiger partial charge in [0.1, 0.15) is 11.5 Å². The number of ether oxygens (including phenoxy) is 1. The summed E-state index contributed by atoms with van der Waals surface area (Å²) in [6.45, 7) is 4.53. The van der Waals surface area contributed by atoms with Gasteiger partial charge in [-0.15, -0.1) is 0 Å². The van der Waals surface area contributed by atoms with Gasteiger partial charge in [0.2, 0.25) is 0 Å². The number of benzene rings is 3. The highest BCUT2D eigenvalue weighted by Gasteiger charge is 2.19. The van der Waals surface area contributed by atoms with Crippen LogP contribution in [0.15, 0.2) is 91.3 Å². The largest absolute Gasteiger partial charge is 0.506 e. The lowest BCUT2D eigenvalue weighted by Crippen LogP contribution is -2.46. The van der Waals surface area contributed by atoms with Gasteiger partial charge in [-0.2, -0.15) is 0 Å². The number of piperazine rings is 1. The van der Waals surface area contributed by atoms with Gasteiger partial charge >= 0.3 is 0 Å². The molecule has 0 aliphatic carbocycles. The molecule has 3 aromatic carbocycles. The van der Waals surface area contributed by atoms with Crippen LogP contribution in [-0.2, 0) is 6.54 Å². The first kappa shape index (κ1) is 24.3. The predicted molar refractivity (Wildman–Crippen MR) is 146 cm³/mol. The molecule has 1 aromatic heterocycles. The zero-order valence-electron chi connectivity index (χ0n) is 20.8. The minimum absolute atomic E-state index is 0.137. The molecule has 1 saturated heterocycles. The van der Waals surface area contributed by atoms with Gasteiger partial charge in [-0.3, -0.25) is 14.7 Å². The summed E-state index contributed by atoms with van der Waals surface area (Å²) in [5.74, 6) is 0.785. The van der Waals surface area contributed by atoms with Gasteiger partial charge < -0.3 is 20.1 Å². The number of methoxy groups -OCH3 is 1. The Morgan fingerprint density at radius 2 is 1.68 bits per heavy atom. The average molecular weight is 495 g/mol. The van der Waals surface area contributed by atoms with Crippen molar-refractivity contribution in [2.45, 2.75) is 6.54 Å². The van der Waals surface area contributed by atoms with Crippen LogP contribution < -0.4 is 15.0 Å². The van der Waals surface area contributed by atoms with Crippen LogP contribution >= 0.6 is 0 Å². The van der Waals surface area contributed by atoms with Crippen molar-refractivity contribution in [2.24, 2.45) is 0 Å². The number of rotatable bonds is 7. The summed E-state index contributed by atoms with van der Waals surface area (Å²) < 4.78 is 5.16. The Balaban J connectivity index is 1.17. The van der Waals surface area contributed by atoms with Gasteiger partial charge in [-0.05, 0) is 65.7 Å². The molecule has 4 aromatic rings. The van der Waals surface area contributed by atoms with Gasteiger partial charge in [-0.25, -0.2) is 0 Å². The van der Waals surface area contributed by atoms with Crippen LogP contribution in [0, 0.1) is 0 Å². The number of nitrogens with one attached hydrogen (secondary N) is 1. The summed E-state index contributed by atoms with van der Waals surface area (Å²) in [5, 5.41) is 12.8. The molecule has 7 nitrogen and oxygen atoms in total. The van der Waals surface area contributed by atoms with Gasteiger partial charge in [-0.1, -0.05) is 24.3 Å². The van der Waals surface area contributed by atoms with Crippen LogP contribution in [0.3, 0.4) is 0 Å². The van der Waals surface area contributed by atoms with Crippen molar-refractivity contribution < 1.29 is 14.6 Å². The maximum atomic E-state index is 12.6. The Labute approximate surface area is 217 Å². The molecule has 1 aliphatic rings. The Kier molecular flexibility index (Phi) is 7.33. The molecule has 37 heavy (non-hydrogen) atoms. The van der Waals surface area contributed by atoms with E-state index in [1.807, 2.05) is 54.6 Å². The predicted octanol–water partition coefficient (Wildman–Crippen LogP) is 5.04. The van der Waals surface area contributed by atoms with E-state index in [9.17, 15) is 9.90 Å². The lowest BCUT2D eigenvalue weighted by atomic mass is 10.0. The molecule has 1 fully saturated rings. The fraction of sp³-hybridized carbons (Fsp3) is 0.200. The number of hydrogen-bond acceptors (Lipinski definition) is 6. The molecule has 7 heteroatoms. The zero-order chi connectivity index (χ0) is 25.6. The highest BCUT2D eigenvalue weighted by Crippen LogP contribution is 2.27. The van der Waals surface area contributed by atoms with E-state index in [-0.39, 0.29) is 11.7 Å². The molecule has 1 aliphatic heterocycles. The summed E-state index contributed by atoms with van der Waals surface area (Å²) >= 11 is 0. The number of hydrogen-bond donors (Lipinski definition) is 2. The van der Waals surface area contributed by atoms with Crippen LogP contribution in [0.2, 0.25) is 0 Å². The molecule has 188 valence electrons. The third-order valence-corrected chi connectivity index (χ3v) is 6.66. The maximum Gasteiger partial charge on any atom is 0.255 e. The summed E-state index contributed by atoms with van der Waals surface area (Å²) in [5.41, 5.74) is 5.70. The highest BCUT2D eigenvalue weighted by atomic mass is 16.5. The van der Waals surface area contributed by atoms with Crippen LogP contribution in [-0.4, -0.2) is 54.2 Å². The summed E-state index contributed by atoms with van der Waals surface area (Å²) in [4.78, 5) is 21.6. The third-order valence-electron chi connectivity index (χ3n) is 6.66. The molecule has 5 rings (SSSR count). The molecular weight excluding hydrogens is 464 g/mol. The fourth-order valence-corrected chi connectivity index (χ4v) is 4.62. The lowest BCUT2D eigenvalue weighted by Gasteiger charge is -2.36. The summed E-state index contributed by atoms with van der Waals surface area (Å²) in [6, 6.07) is 25.1. The van der Waals surface area contributed by atoms with Gasteiger partial charge in [0.15, 0.2) is 0 Å². The zero-order valence-corrected chi connectivity index (χ0v) is 20.8. The molecule has 0 spiro atoms. The van der Waals surface area contributed by atoms with Gasteiger partial charge in [0.25, 0.3) is 5.91 Å². The highest BCUT2D eigenvalue weighted by molar-refractivity contribution is 6.04. The molecule has 1 amide bonds. The second-order valence-electron chi connectivity index (χ2n) is 9.08. The second kappa shape index (κ2) is 11.1.